The van der Waals surface area contributed by atoms with Crippen LogP contribution >= 0.6 is 0 Å². The van der Waals surface area contributed by atoms with Crippen LogP contribution in [-0.4, -0.2) is 40.6 Å². The average Bonchev–Trinajstić information content (AvgIpc) is 2.73. The first kappa shape index (κ1) is 13.3. The minimum absolute atomic E-state index is 0.0983. The number of amides is 1. The van der Waals surface area contributed by atoms with Crippen molar-refractivity contribution in [3.8, 4) is 6.01 Å². The van der Waals surface area contributed by atoms with E-state index in [0.29, 0.717) is 32.1 Å². The Labute approximate surface area is 111 Å². The molecule has 0 radical (unpaired) electrons. The highest BCUT2D eigenvalue weighted by molar-refractivity contribution is 5.81. The number of nitrogens with zero attached hydrogens (tertiary/aromatic N) is 4. The van der Waals surface area contributed by atoms with Gasteiger partial charge in [-0.3, -0.25) is 4.79 Å². The SMILES string of the molecule is CCOc1nc(N)nc(N2CCC(C)(C(N)=O)C2)n1. The number of rotatable bonds is 4. The first-order valence-corrected chi connectivity index (χ1v) is 6.14. The van der Waals surface area contributed by atoms with Gasteiger partial charge in [0.05, 0.1) is 12.0 Å². The Morgan fingerprint density at radius 2 is 2.21 bits per heavy atom. The molecule has 4 N–H and O–H groups in total. The fourth-order valence-electron chi connectivity index (χ4n) is 2.03. The lowest BCUT2D eigenvalue weighted by atomic mass is 9.89. The number of carbonyl (C=O) groups excluding carboxylic acids is 1. The summed E-state index contributed by atoms with van der Waals surface area (Å²) >= 11 is 0. The molecule has 1 saturated heterocycles. The van der Waals surface area contributed by atoms with Crippen LogP contribution in [0.2, 0.25) is 0 Å². The summed E-state index contributed by atoms with van der Waals surface area (Å²) in [4.78, 5) is 25.4. The molecule has 2 heterocycles. The number of ether oxygens (including phenoxy) is 1. The molecule has 0 aliphatic carbocycles. The highest BCUT2D eigenvalue weighted by Crippen LogP contribution is 2.31. The molecule has 1 fully saturated rings. The first-order valence-electron chi connectivity index (χ1n) is 6.14. The van der Waals surface area contributed by atoms with E-state index in [4.69, 9.17) is 16.2 Å². The number of hydrogen-bond donors (Lipinski definition) is 2. The average molecular weight is 266 g/mol. The second kappa shape index (κ2) is 4.87. The van der Waals surface area contributed by atoms with Crippen LogP contribution in [0.4, 0.5) is 11.9 Å². The van der Waals surface area contributed by atoms with E-state index in [0.717, 1.165) is 0 Å². The fourth-order valence-corrected chi connectivity index (χ4v) is 2.03. The Hall–Kier alpha value is -2.12. The van der Waals surface area contributed by atoms with Gasteiger partial charge in [-0.1, -0.05) is 0 Å². The lowest BCUT2D eigenvalue weighted by Gasteiger charge is -2.21. The van der Waals surface area contributed by atoms with Crippen molar-refractivity contribution in [1.82, 2.24) is 15.0 Å². The maximum absolute atomic E-state index is 11.4. The van der Waals surface area contributed by atoms with Crippen molar-refractivity contribution in [3.63, 3.8) is 0 Å². The molecule has 0 spiro atoms. The van der Waals surface area contributed by atoms with Crippen molar-refractivity contribution in [2.45, 2.75) is 20.3 Å². The molecule has 19 heavy (non-hydrogen) atoms. The standard InChI is InChI=1S/C11H18N6O2/c1-3-19-10-15-8(13)14-9(16-10)17-5-4-11(2,6-17)7(12)18/h3-6H2,1-2H3,(H2,12,18)(H2,13,14,15,16). The van der Waals surface area contributed by atoms with Gasteiger partial charge in [-0.15, -0.1) is 0 Å². The number of anilines is 2. The highest BCUT2D eigenvalue weighted by Gasteiger charge is 2.40. The van der Waals surface area contributed by atoms with Gasteiger partial charge >= 0.3 is 6.01 Å². The Morgan fingerprint density at radius 3 is 2.79 bits per heavy atom. The maximum Gasteiger partial charge on any atom is 0.323 e. The lowest BCUT2D eigenvalue weighted by Crippen LogP contribution is -2.37. The zero-order valence-electron chi connectivity index (χ0n) is 11.1. The van der Waals surface area contributed by atoms with Gasteiger partial charge in [0, 0.05) is 13.1 Å². The molecule has 1 unspecified atom stereocenters. The Balaban J connectivity index is 2.21. The van der Waals surface area contributed by atoms with Crippen LogP contribution in [0.15, 0.2) is 0 Å². The van der Waals surface area contributed by atoms with Crippen LogP contribution in [0, 0.1) is 5.41 Å². The van der Waals surface area contributed by atoms with Gasteiger partial charge in [-0.2, -0.15) is 15.0 Å². The zero-order chi connectivity index (χ0) is 14.0. The minimum Gasteiger partial charge on any atom is -0.464 e. The molecular formula is C11H18N6O2. The van der Waals surface area contributed by atoms with Gasteiger partial charge in [0.15, 0.2) is 0 Å². The van der Waals surface area contributed by atoms with E-state index in [1.54, 1.807) is 0 Å². The van der Waals surface area contributed by atoms with Crippen molar-refractivity contribution < 1.29 is 9.53 Å². The summed E-state index contributed by atoms with van der Waals surface area (Å²) < 4.78 is 5.23. The second-order valence-electron chi connectivity index (χ2n) is 4.81. The predicted octanol–water partition coefficient (Wildman–Crippen LogP) is -0.446. The number of aromatic nitrogens is 3. The van der Waals surface area contributed by atoms with E-state index < -0.39 is 5.41 Å². The molecule has 1 aliphatic heterocycles. The molecule has 0 aromatic carbocycles. The quantitative estimate of drug-likeness (QED) is 0.757. The monoisotopic (exact) mass is 266 g/mol. The molecule has 8 nitrogen and oxygen atoms in total. The van der Waals surface area contributed by atoms with Gasteiger partial charge in [-0.05, 0) is 20.3 Å². The largest absolute Gasteiger partial charge is 0.464 e. The number of carbonyl (C=O) groups is 1. The Bertz CT molecular complexity index is 494. The van der Waals surface area contributed by atoms with E-state index in [2.05, 4.69) is 15.0 Å². The third-order valence-corrected chi connectivity index (χ3v) is 3.24. The van der Waals surface area contributed by atoms with E-state index in [1.807, 2.05) is 18.7 Å². The van der Waals surface area contributed by atoms with Gasteiger partial charge in [0.2, 0.25) is 17.8 Å². The Kier molecular flexibility index (Phi) is 3.41. The van der Waals surface area contributed by atoms with Crippen LogP contribution in [0.5, 0.6) is 6.01 Å². The van der Waals surface area contributed by atoms with Crippen LogP contribution in [-0.2, 0) is 4.79 Å². The molecule has 8 heteroatoms. The molecule has 1 amide bonds. The number of nitrogens with two attached hydrogens (primary N) is 2. The molecule has 0 saturated carbocycles. The topological polar surface area (TPSA) is 120 Å². The number of primary amides is 1. The zero-order valence-corrected chi connectivity index (χ0v) is 11.1. The van der Waals surface area contributed by atoms with Gasteiger partial charge < -0.3 is 21.1 Å². The molecule has 1 aromatic rings. The Morgan fingerprint density at radius 1 is 1.47 bits per heavy atom. The van der Waals surface area contributed by atoms with E-state index in [1.165, 1.54) is 0 Å². The summed E-state index contributed by atoms with van der Waals surface area (Å²) in [5.74, 6) is 0.198. The summed E-state index contributed by atoms with van der Waals surface area (Å²) in [6, 6.07) is 0.192. The van der Waals surface area contributed by atoms with Crippen LogP contribution in [0.25, 0.3) is 0 Å². The summed E-state index contributed by atoms with van der Waals surface area (Å²) in [5, 5.41) is 0. The maximum atomic E-state index is 11.4. The normalized spacial score (nSPS) is 22.5. The van der Waals surface area contributed by atoms with E-state index in [-0.39, 0.29) is 17.9 Å². The fraction of sp³-hybridized carbons (Fsp3) is 0.636. The number of hydrogen-bond acceptors (Lipinski definition) is 7. The van der Waals surface area contributed by atoms with Crippen molar-refractivity contribution in [3.05, 3.63) is 0 Å². The van der Waals surface area contributed by atoms with Crippen LogP contribution in [0.3, 0.4) is 0 Å². The van der Waals surface area contributed by atoms with Crippen molar-refractivity contribution >= 4 is 17.8 Å². The third-order valence-electron chi connectivity index (χ3n) is 3.24. The van der Waals surface area contributed by atoms with Gasteiger partial charge in [0.1, 0.15) is 0 Å². The summed E-state index contributed by atoms with van der Waals surface area (Å²) in [5.41, 5.74) is 10.5. The van der Waals surface area contributed by atoms with Gasteiger partial charge in [0.25, 0.3) is 0 Å². The molecule has 104 valence electrons. The minimum atomic E-state index is -0.562. The number of nitrogen functional groups attached to an aromatic ring is 1. The molecule has 0 bridgehead atoms. The second-order valence-corrected chi connectivity index (χ2v) is 4.81. The molecule has 2 rings (SSSR count). The smallest absolute Gasteiger partial charge is 0.323 e. The molecular weight excluding hydrogens is 248 g/mol. The summed E-state index contributed by atoms with van der Waals surface area (Å²) in [6.07, 6.45) is 0.665. The molecule has 1 aliphatic rings. The lowest BCUT2D eigenvalue weighted by molar-refractivity contribution is -0.125. The van der Waals surface area contributed by atoms with E-state index in [9.17, 15) is 4.79 Å². The molecule has 1 atom stereocenters. The first-order chi connectivity index (χ1) is 8.94. The van der Waals surface area contributed by atoms with Crippen LogP contribution < -0.4 is 21.1 Å². The van der Waals surface area contributed by atoms with Crippen LogP contribution in [0.1, 0.15) is 20.3 Å². The third kappa shape index (κ3) is 2.67. The highest BCUT2D eigenvalue weighted by atomic mass is 16.5. The molecule has 1 aromatic heterocycles. The van der Waals surface area contributed by atoms with E-state index >= 15 is 0 Å². The van der Waals surface area contributed by atoms with Gasteiger partial charge in [-0.25, -0.2) is 0 Å². The predicted molar refractivity (Wildman–Crippen MR) is 69.5 cm³/mol. The summed E-state index contributed by atoms with van der Waals surface area (Å²) in [6.45, 7) is 5.23. The van der Waals surface area contributed by atoms with Crippen molar-refractivity contribution in [2.75, 3.05) is 30.3 Å². The van der Waals surface area contributed by atoms with Crippen molar-refractivity contribution in [1.29, 1.82) is 0 Å². The summed E-state index contributed by atoms with van der Waals surface area (Å²) in [7, 11) is 0. The van der Waals surface area contributed by atoms with Crippen molar-refractivity contribution in [2.24, 2.45) is 11.1 Å².